The second-order valence-corrected chi connectivity index (χ2v) is 6.31. The molecule has 0 unspecified atom stereocenters. The van der Waals surface area contributed by atoms with Crippen molar-refractivity contribution in [3.05, 3.63) is 35.4 Å². The Bertz CT molecular complexity index is 797. The zero-order chi connectivity index (χ0) is 15.8. The molecule has 5 heteroatoms. The number of aliphatic imine (C=N–C) groups is 1. The zero-order valence-corrected chi connectivity index (χ0v) is 13.2. The van der Waals surface area contributed by atoms with E-state index in [1.165, 1.54) is 19.3 Å². The van der Waals surface area contributed by atoms with Gasteiger partial charge in [-0.1, -0.05) is 19.3 Å². The van der Waals surface area contributed by atoms with E-state index in [4.69, 9.17) is 4.98 Å². The van der Waals surface area contributed by atoms with Crippen LogP contribution in [0.5, 0.6) is 5.88 Å². The van der Waals surface area contributed by atoms with E-state index in [2.05, 4.69) is 9.98 Å². The molecule has 0 saturated heterocycles. The molecule has 0 bridgehead atoms. The maximum Gasteiger partial charge on any atom is 0.218 e. The van der Waals surface area contributed by atoms with Gasteiger partial charge in [0.15, 0.2) is 5.82 Å². The van der Waals surface area contributed by atoms with E-state index in [-0.39, 0.29) is 5.88 Å². The van der Waals surface area contributed by atoms with Gasteiger partial charge in [0.05, 0.1) is 0 Å². The van der Waals surface area contributed by atoms with Gasteiger partial charge in [0.25, 0.3) is 0 Å². The number of hydrogen-bond donors (Lipinski definition) is 1. The lowest BCUT2D eigenvalue weighted by Gasteiger charge is -2.20. The van der Waals surface area contributed by atoms with Crippen molar-refractivity contribution in [1.82, 2.24) is 14.5 Å². The highest BCUT2D eigenvalue weighted by Crippen LogP contribution is 2.36. The van der Waals surface area contributed by atoms with Gasteiger partial charge in [-0.15, -0.1) is 0 Å². The van der Waals surface area contributed by atoms with Gasteiger partial charge >= 0.3 is 0 Å². The molecule has 23 heavy (non-hydrogen) atoms. The van der Waals surface area contributed by atoms with Crippen LogP contribution in [0.25, 0.3) is 11.6 Å². The molecule has 1 aliphatic heterocycles. The molecular formula is C18H20N4O. The number of imidazole rings is 1. The van der Waals surface area contributed by atoms with Crippen molar-refractivity contribution in [3.8, 4) is 5.88 Å². The Balaban J connectivity index is 1.71. The minimum absolute atomic E-state index is 0.226. The third-order valence-electron chi connectivity index (χ3n) is 4.81. The van der Waals surface area contributed by atoms with Gasteiger partial charge in [0.1, 0.15) is 11.5 Å². The van der Waals surface area contributed by atoms with Crippen molar-refractivity contribution in [2.24, 2.45) is 12.0 Å². The molecule has 0 aromatic carbocycles. The highest BCUT2D eigenvalue weighted by atomic mass is 16.3. The van der Waals surface area contributed by atoms with E-state index in [1.54, 1.807) is 12.4 Å². The van der Waals surface area contributed by atoms with Crippen molar-refractivity contribution >= 4 is 23.7 Å². The molecule has 4 rings (SSSR count). The second-order valence-electron chi connectivity index (χ2n) is 6.31. The second kappa shape index (κ2) is 5.65. The van der Waals surface area contributed by atoms with Crippen LogP contribution < -0.4 is 0 Å². The number of aromatic hydroxyl groups is 1. The fourth-order valence-electron chi connectivity index (χ4n) is 3.54. The highest BCUT2D eigenvalue weighted by Gasteiger charge is 2.23. The molecule has 1 aliphatic carbocycles. The zero-order valence-electron chi connectivity index (χ0n) is 13.2. The predicted octanol–water partition coefficient (Wildman–Crippen LogP) is 3.82. The van der Waals surface area contributed by atoms with Gasteiger partial charge in [0.2, 0.25) is 5.88 Å². The Kier molecular flexibility index (Phi) is 3.48. The molecule has 2 aromatic rings. The minimum atomic E-state index is 0.226. The molecule has 1 N–H and O–H groups in total. The van der Waals surface area contributed by atoms with Crippen molar-refractivity contribution in [3.63, 3.8) is 0 Å². The monoisotopic (exact) mass is 308 g/mol. The number of hydrogen-bond acceptors (Lipinski definition) is 4. The number of pyridine rings is 1. The summed E-state index contributed by atoms with van der Waals surface area (Å²) in [5.74, 6) is 2.40. The van der Waals surface area contributed by atoms with Crippen LogP contribution in [-0.2, 0) is 7.05 Å². The molecule has 118 valence electrons. The van der Waals surface area contributed by atoms with E-state index in [0.29, 0.717) is 11.6 Å². The van der Waals surface area contributed by atoms with Gasteiger partial charge in [-0.25, -0.2) is 15.0 Å². The Morgan fingerprint density at radius 3 is 2.91 bits per heavy atom. The standard InChI is InChI=1S/C18H20N4O/c1-22-17(12-6-3-2-4-7-12)21-15(18(22)23)10-13-11-20-16-14(13)8-5-9-19-16/h5,8-12,23H,2-4,6-7H2,1H3/b13-10-. The Morgan fingerprint density at radius 1 is 1.26 bits per heavy atom. The molecule has 2 aliphatic rings. The van der Waals surface area contributed by atoms with Gasteiger partial charge in [-0.3, -0.25) is 0 Å². The van der Waals surface area contributed by atoms with Gasteiger partial charge in [0, 0.05) is 36.5 Å². The molecule has 5 nitrogen and oxygen atoms in total. The van der Waals surface area contributed by atoms with Crippen LogP contribution >= 0.6 is 0 Å². The fourth-order valence-corrected chi connectivity index (χ4v) is 3.54. The van der Waals surface area contributed by atoms with Gasteiger partial charge < -0.3 is 9.67 Å². The van der Waals surface area contributed by atoms with Crippen molar-refractivity contribution in [2.45, 2.75) is 38.0 Å². The molecule has 0 atom stereocenters. The average Bonchev–Trinajstić information content (AvgIpc) is 3.13. The Hall–Kier alpha value is -2.43. The summed E-state index contributed by atoms with van der Waals surface area (Å²) in [5.41, 5.74) is 2.54. The van der Waals surface area contributed by atoms with Gasteiger partial charge in [-0.05, 0) is 31.1 Å². The highest BCUT2D eigenvalue weighted by molar-refractivity contribution is 6.20. The summed E-state index contributed by atoms with van der Waals surface area (Å²) >= 11 is 0. The smallest absolute Gasteiger partial charge is 0.218 e. The molecule has 3 heterocycles. The summed E-state index contributed by atoms with van der Waals surface area (Å²) in [7, 11) is 1.90. The van der Waals surface area contributed by atoms with E-state index >= 15 is 0 Å². The first-order valence-electron chi connectivity index (χ1n) is 8.21. The van der Waals surface area contributed by atoms with Gasteiger partial charge in [-0.2, -0.15) is 0 Å². The molecular weight excluding hydrogens is 288 g/mol. The largest absolute Gasteiger partial charge is 0.493 e. The average molecular weight is 308 g/mol. The summed E-state index contributed by atoms with van der Waals surface area (Å²) in [6.45, 7) is 0. The normalized spacial score (nSPS) is 19.4. The quantitative estimate of drug-likeness (QED) is 0.917. The molecule has 0 radical (unpaired) electrons. The van der Waals surface area contributed by atoms with Crippen molar-refractivity contribution < 1.29 is 5.11 Å². The number of aromatic nitrogens is 3. The predicted molar refractivity (Wildman–Crippen MR) is 91.0 cm³/mol. The van der Waals surface area contributed by atoms with Crippen LogP contribution in [0.15, 0.2) is 23.3 Å². The van der Waals surface area contributed by atoms with Crippen LogP contribution in [0.2, 0.25) is 0 Å². The maximum absolute atomic E-state index is 10.5. The van der Waals surface area contributed by atoms with Crippen LogP contribution in [0, 0.1) is 0 Å². The Labute approximate surface area is 135 Å². The first-order chi connectivity index (χ1) is 11.2. The third-order valence-corrected chi connectivity index (χ3v) is 4.81. The maximum atomic E-state index is 10.5. The first kappa shape index (κ1) is 14.2. The molecule has 1 fully saturated rings. The summed E-state index contributed by atoms with van der Waals surface area (Å²) in [6.07, 6.45) is 11.6. The topological polar surface area (TPSA) is 63.3 Å². The molecule has 0 amide bonds. The Morgan fingerprint density at radius 2 is 2.09 bits per heavy atom. The summed E-state index contributed by atoms with van der Waals surface area (Å²) < 4.78 is 1.83. The lowest BCUT2D eigenvalue weighted by molar-refractivity contribution is 0.397. The van der Waals surface area contributed by atoms with Crippen LogP contribution in [0.1, 0.15) is 55.1 Å². The number of fused-ring (bicyclic) bond motifs is 1. The van der Waals surface area contributed by atoms with Crippen LogP contribution in [0.3, 0.4) is 0 Å². The van der Waals surface area contributed by atoms with E-state index < -0.39 is 0 Å². The van der Waals surface area contributed by atoms with E-state index in [1.807, 2.05) is 29.8 Å². The van der Waals surface area contributed by atoms with Crippen LogP contribution in [0.4, 0.5) is 5.82 Å². The SMILES string of the molecule is Cn1c(C2CCCCC2)nc(/C=C2/C=Nc3ncccc32)c1O. The van der Waals surface area contributed by atoms with E-state index in [0.717, 1.165) is 35.6 Å². The third kappa shape index (κ3) is 2.46. The minimum Gasteiger partial charge on any atom is -0.493 e. The summed E-state index contributed by atoms with van der Waals surface area (Å²) in [5, 5.41) is 10.5. The number of allylic oxidation sites excluding steroid dienone is 1. The molecule has 1 saturated carbocycles. The number of rotatable bonds is 2. The fraction of sp³-hybridized carbons (Fsp3) is 0.389. The summed E-state index contributed by atoms with van der Waals surface area (Å²) in [6, 6.07) is 3.89. The van der Waals surface area contributed by atoms with E-state index in [9.17, 15) is 5.11 Å². The van der Waals surface area contributed by atoms with Crippen LogP contribution in [-0.4, -0.2) is 25.9 Å². The lowest BCUT2D eigenvalue weighted by atomic mass is 9.89. The summed E-state index contributed by atoms with van der Waals surface area (Å²) in [4.78, 5) is 13.3. The molecule has 2 aromatic heterocycles. The number of nitrogens with zero attached hydrogens (tertiary/aromatic N) is 4. The van der Waals surface area contributed by atoms with Crippen molar-refractivity contribution in [2.75, 3.05) is 0 Å². The first-order valence-corrected chi connectivity index (χ1v) is 8.21. The van der Waals surface area contributed by atoms with Crippen molar-refractivity contribution in [1.29, 1.82) is 0 Å². The lowest BCUT2D eigenvalue weighted by Crippen LogP contribution is -2.09. The molecule has 0 spiro atoms.